The second kappa shape index (κ2) is 8.45. The van der Waals surface area contributed by atoms with Gasteiger partial charge in [0.2, 0.25) is 0 Å². The summed E-state index contributed by atoms with van der Waals surface area (Å²) in [6.07, 6.45) is 2.96. The van der Waals surface area contributed by atoms with Crippen LogP contribution in [0.2, 0.25) is 5.02 Å². The van der Waals surface area contributed by atoms with Crippen LogP contribution in [0.25, 0.3) is 11.0 Å². The topological polar surface area (TPSA) is 120 Å². The number of carbonyl (C=O) groups excluding carboxylic acids is 1. The average Bonchev–Trinajstić information content (AvgIpc) is 3.16. The SMILES string of the molecule is CC(C)n1cc(C(=O)c2cccc(NS(=O)(=O)c3ccc(F)cc3)c2Cl)c2c(N)ncnc21. The number of nitrogens with zero attached hydrogens (tertiary/aromatic N) is 3. The number of anilines is 2. The van der Waals surface area contributed by atoms with E-state index in [2.05, 4.69) is 14.7 Å². The van der Waals surface area contributed by atoms with Gasteiger partial charge in [-0.25, -0.2) is 22.8 Å². The maximum atomic E-state index is 13.5. The van der Waals surface area contributed by atoms with Crippen molar-refractivity contribution in [1.29, 1.82) is 0 Å². The van der Waals surface area contributed by atoms with E-state index in [1.807, 2.05) is 13.8 Å². The Morgan fingerprint density at radius 1 is 1.12 bits per heavy atom. The van der Waals surface area contributed by atoms with Crippen LogP contribution in [-0.4, -0.2) is 28.7 Å². The average molecular weight is 488 g/mol. The van der Waals surface area contributed by atoms with Crippen molar-refractivity contribution in [3.05, 3.63) is 77.0 Å². The molecule has 11 heteroatoms. The number of nitrogen functional groups attached to an aromatic ring is 1. The lowest BCUT2D eigenvalue weighted by atomic mass is 10.0. The molecule has 0 unspecified atom stereocenters. The summed E-state index contributed by atoms with van der Waals surface area (Å²) in [7, 11) is -4.06. The summed E-state index contributed by atoms with van der Waals surface area (Å²) >= 11 is 6.46. The van der Waals surface area contributed by atoms with Crippen molar-refractivity contribution in [2.24, 2.45) is 0 Å². The summed E-state index contributed by atoms with van der Waals surface area (Å²) < 4.78 is 42.7. The molecule has 0 atom stereocenters. The Hall–Kier alpha value is -3.50. The molecule has 8 nitrogen and oxygen atoms in total. The number of hydrogen-bond acceptors (Lipinski definition) is 6. The summed E-state index contributed by atoms with van der Waals surface area (Å²) in [5.74, 6) is -0.885. The van der Waals surface area contributed by atoms with Crippen molar-refractivity contribution in [2.45, 2.75) is 24.8 Å². The van der Waals surface area contributed by atoms with E-state index in [0.717, 1.165) is 24.3 Å². The molecule has 0 aliphatic heterocycles. The summed E-state index contributed by atoms with van der Waals surface area (Å²) in [6.45, 7) is 3.87. The second-order valence-corrected chi connectivity index (χ2v) is 9.62. The Morgan fingerprint density at radius 3 is 2.48 bits per heavy atom. The number of aromatic nitrogens is 3. The van der Waals surface area contributed by atoms with Crippen molar-refractivity contribution in [3.63, 3.8) is 0 Å². The molecular weight excluding hydrogens is 469 g/mol. The highest BCUT2D eigenvalue weighted by Crippen LogP contribution is 2.33. The zero-order chi connectivity index (χ0) is 23.9. The van der Waals surface area contributed by atoms with Gasteiger partial charge in [-0.15, -0.1) is 0 Å². The number of rotatable bonds is 6. The van der Waals surface area contributed by atoms with E-state index in [-0.39, 0.29) is 38.6 Å². The lowest BCUT2D eigenvalue weighted by Crippen LogP contribution is -2.14. The molecule has 0 fully saturated rings. The summed E-state index contributed by atoms with van der Waals surface area (Å²) in [6, 6.07) is 8.73. The van der Waals surface area contributed by atoms with Gasteiger partial charge in [-0.2, -0.15) is 0 Å². The minimum absolute atomic E-state index is 0.00339. The highest BCUT2D eigenvalue weighted by atomic mass is 35.5. The number of benzene rings is 2. The van der Waals surface area contributed by atoms with Crippen LogP contribution < -0.4 is 10.5 Å². The van der Waals surface area contributed by atoms with Crippen molar-refractivity contribution in [1.82, 2.24) is 14.5 Å². The minimum atomic E-state index is -4.06. The zero-order valence-corrected chi connectivity index (χ0v) is 19.2. The molecule has 0 spiro atoms. The molecular formula is C22H19ClFN5O3S. The van der Waals surface area contributed by atoms with Crippen LogP contribution in [0, 0.1) is 5.82 Å². The molecule has 0 saturated heterocycles. The number of ketones is 1. The van der Waals surface area contributed by atoms with E-state index in [1.54, 1.807) is 10.8 Å². The number of carbonyl (C=O) groups is 1. The molecule has 2 aromatic carbocycles. The van der Waals surface area contributed by atoms with Crippen molar-refractivity contribution >= 4 is 49.9 Å². The Kier molecular flexibility index (Phi) is 5.81. The van der Waals surface area contributed by atoms with Crippen molar-refractivity contribution < 1.29 is 17.6 Å². The van der Waals surface area contributed by atoms with Gasteiger partial charge in [-0.3, -0.25) is 9.52 Å². The van der Waals surface area contributed by atoms with Gasteiger partial charge >= 0.3 is 0 Å². The van der Waals surface area contributed by atoms with Crippen LogP contribution in [0.3, 0.4) is 0 Å². The van der Waals surface area contributed by atoms with Crippen LogP contribution in [0.1, 0.15) is 35.8 Å². The molecule has 2 heterocycles. The minimum Gasteiger partial charge on any atom is -0.383 e. The molecule has 2 aromatic heterocycles. The smallest absolute Gasteiger partial charge is 0.261 e. The van der Waals surface area contributed by atoms with E-state index < -0.39 is 21.6 Å². The number of halogens is 2. The van der Waals surface area contributed by atoms with Crippen molar-refractivity contribution in [3.8, 4) is 0 Å². The Balaban J connectivity index is 1.77. The van der Waals surface area contributed by atoms with Gasteiger partial charge in [-0.1, -0.05) is 17.7 Å². The second-order valence-electron chi connectivity index (χ2n) is 7.56. The fourth-order valence-corrected chi connectivity index (χ4v) is 4.81. The predicted octanol–water partition coefficient (Wildman–Crippen LogP) is 4.42. The lowest BCUT2D eigenvalue weighted by Gasteiger charge is -2.12. The third-order valence-corrected chi connectivity index (χ3v) is 6.84. The third-order valence-electron chi connectivity index (χ3n) is 5.05. The maximum absolute atomic E-state index is 13.5. The third kappa shape index (κ3) is 4.14. The Morgan fingerprint density at radius 2 is 1.82 bits per heavy atom. The molecule has 0 aliphatic carbocycles. The molecule has 33 heavy (non-hydrogen) atoms. The van der Waals surface area contributed by atoms with Crippen LogP contribution in [0.5, 0.6) is 0 Å². The summed E-state index contributed by atoms with van der Waals surface area (Å²) in [4.78, 5) is 21.6. The highest BCUT2D eigenvalue weighted by Gasteiger charge is 2.25. The van der Waals surface area contributed by atoms with Gasteiger partial charge < -0.3 is 10.3 Å². The first-order valence-corrected chi connectivity index (χ1v) is 11.7. The zero-order valence-electron chi connectivity index (χ0n) is 17.6. The number of fused-ring (bicyclic) bond motifs is 1. The predicted molar refractivity (Wildman–Crippen MR) is 124 cm³/mol. The summed E-state index contributed by atoms with van der Waals surface area (Å²) in [5.41, 5.74) is 6.87. The highest BCUT2D eigenvalue weighted by molar-refractivity contribution is 7.92. The van der Waals surface area contributed by atoms with E-state index in [1.165, 1.54) is 24.5 Å². The standard InChI is InChI=1S/C22H19ClFN5O3S/c1-12(2)29-10-16(18-21(25)26-11-27-22(18)29)20(30)15-4-3-5-17(19(15)23)28-33(31,32)14-8-6-13(24)7-9-14/h3-12,28H,1-2H3,(H2,25,26,27). The van der Waals surface area contributed by atoms with Gasteiger partial charge in [0.15, 0.2) is 5.78 Å². The molecule has 4 aromatic rings. The number of nitrogens with two attached hydrogens (primary N) is 1. The molecule has 0 aliphatic rings. The van der Waals surface area contributed by atoms with Gasteiger partial charge in [0.1, 0.15) is 23.6 Å². The van der Waals surface area contributed by atoms with E-state index in [4.69, 9.17) is 17.3 Å². The first kappa shape index (κ1) is 22.7. The normalized spacial score (nSPS) is 11.8. The first-order valence-electron chi connectivity index (χ1n) is 9.82. The van der Waals surface area contributed by atoms with E-state index >= 15 is 0 Å². The molecule has 0 saturated carbocycles. The molecule has 3 N–H and O–H groups in total. The molecule has 4 rings (SSSR count). The molecule has 0 bridgehead atoms. The van der Waals surface area contributed by atoms with E-state index in [9.17, 15) is 17.6 Å². The molecule has 0 radical (unpaired) electrons. The summed E-state index contributed by atoms with van der Waals surface area (Å²) in [5, 5.41) is 0.304. The van der Waals surface area contributed by atoms with Crippen molar-refractivity contribution in [2.75, 3.05) is 10.5 Å². The van der Waals surface area contributed by atoms with Gasteiger partial charge in [0.25, 0.3) is 10.0 Å². The van der Waals surface area contributed by atoms with Gasteiger partial charge in [0.05, 0.1) is 26.6 Å². The Labute approximate surface area is 194 Å². The fraction of sp³-hybridized carbons (Fsp3) is 0.136. The lowest BCUT2D eigenvalue weighted by molar-refractivity contribution is 0.104. The monoisotopic (exact) mass is 487 g/mol. The van der Waals surface area contributed by atoms with Gasteiger partial charge in [-0.05, 0) is 50.2 Å². The number of hydrogen-bond donors (Lipinski definition) is 2. The number of nitrogens with one attached hydrogen (secondary N) is 1. The van der Waals surface area contributed by atoms with Crippen LogP contribution >= 0.6 is 11.6 Å². The largest absolute Gasteiger partial charge is 0.383 e. The van der Waals surface area contributed by atoms with Crippen LogP contribution in [0.15, 0.2) is 59.9 Å². The van der Waals surface area contributed by atoms with E-state index in [0.29, 0.717) is 11.0 Å². The van der Waals surface area contributed by atoms with Crippen LogP contribution in [-0.2, 0) is 10.0 Å². The first-order chi connectivity index (χ1) is 15.6. The molecule has 0 amide bonds. The van der Waals surface area contributed by atoms with Crippen LogP contribution in [0.4, 0.5) is 15.9 Å². The Bertz CT molecular complexity index is 1480. The molecule has 170 valence electrons. The quantitative estimate of drug-likeness (QED) is 0.388. The van der Waals surface area contributed by atoms with Gasteiger partial charge in [0, 0.05) is 17.8 Å². The number of sulfonamides is 1. The fourth-order valence-electron chi connectivity index (χ4n) is 3.42. The maximum Gasteiger partial charge on any atom is 0.261 e.